The van der Waals surface area contributed by atoms with Crippen molar-refractivity contribution in [2.75, 3.05) is 6.61 Å². The van der Waals surface area contributed by atoms with Gasteiger partial charge in [-0.25, -0.2) is 0 Å². The molecule has 0 fully saturated rings. The lowest BCUT2D eigenvalue weighted by Crippen LogP contribution is -2.53. The van der Waals surface area contributed by atoms with Gasteiger partial charge in [0.05, 0.1) is 6.61 Å². The van der Waals surface area contributed by atoms with Gasteiger partial charge >= 0.3 is 5.97 Å². The third kappa shape index (κ3) is 4.98. The van der Waals surface area contributed by atoms with Crippen LogP contribution in [-0.2, 0) is 9.53 Å². The second kappa shape index (κ2) is 6.62. The Kier molecular flexibility index (Phi) is 6.25. The Hall–Kier alpha value is -0.830. The van der Waals surface area contributed by atoms with Crippen LogP contribution in [0.15, 0.2) is 12.7 Å². The van der Waals surface area contributed by atoms with Crippen LogP contribution >= 0.6 is 0 Å². The van der Waals surface area contributed by atoms with Crippen molar-refractivity contribution in [2.24, 2.45) is 0 Å². The molecule has 0 rings (SSSR count). The van der Waals surface area contributed by atoms with Gasteiger partial charge in [-0.1, -0.05) is 6.08 Å². The molecular formula is C12H23NO2. The van der Waals surface area contributed by atoms with Crippen molar-refractivity contribution in [3.8, 4) is 0 Å². The van der Waals surface area contributed by atoms with E-state index in [9.17, 15) is 4.79 Å². The maximum absolute atomic E-state index is 11.8. The van der Waals surface area contributed by atoms with Crippen molar-refractivity contribution >= 4 is 5.97 Å². The minimum absolute atomic E-state index is 0.180. The molecule has 1 atom stereocenters. The normalized spacial score (nSPS) is 14.7. The summed E-state index contributed by atoms with van der Waals surface area (Å²) in [6.45, 7) is 11.8. The van der Waals surface area contributed by atoms with Crippen LogP contribution in [0.4, 0.5) is 0 Å². The van der Waals surface area contributed by atoms with E-state index in [0.717, 1.165) is 6.42 Å². The largest absolute Gasteiger partial charge is 0.465 e. The molecule has 0 bridgehead atoms. The molecule has 1 N–H and O–H groups in total. The molecule has 0 saturated carbocycles. The van der Waals surface area contributed by atoms with Gasteiger partial charge in [0.2, 0.25) is 0 Å². The summed E-state index contributed by atoms with van der Waals surface area (Å²) in [6, 6.07) is 0.254. The molecule has 0 aliphatic carbocycles. The molecule has 0 aromatic rings. The minimum atomic E-state index is -0.599. The van der Waals surface area contributed by atoms with E-state index in [1.54, 1.807) is 0 Å². The highest BCUT2D eigenvalue weighted by molar-refractivity contribution is 5.80. The molecule has 0 aliphatic heterocycles. The monoisotopic (exact) mass is 213 g/mol. The van der Waals surface area contributed by atoms with Gasteiger partial charge < -0.3 is 4.74 Å². The number of carbonyl (C=O) groups excluding carboxylic acids is 1. The Balaban J connectivity index is 4.51. The molecule has 0 spiro atoms. The molecule has 0 aromatic carbocycles. The second-order valence-electron chi connectivity index (χ2n) is 4.18. The number of hydrogen-bond acceptors (Lipinski definition) is 3. The Bertz CT molecular complexity index is 214. The van der Waals surface area contributed by atoms with Gasteiger partial charge in [0.15, 0.2) is 0 Å². The van der Waals surface area contributed by atoms with E-state index in [-0.39, 0.29) is 12.0 Å². The molecule has 0 radical (unpaired) electrons. The Morgan fingerprint density at radius 2 is 2.20 bits per heavy atom. The van der Waals surface area contributed by atoms with Gasteiger partial charge in [0, 0.05) is 6.04 Å². The van der Waals surface area contributed by atoms with Crippen LogP contribution < -0.4 is 5.32 Å². The van der Waals surface area contributed by atoms with E-state index in [0.29, 0.717) is 13.0 Å². The lowest BCUT2D eigenvalue weighted by Gasteiger charge is -2.30. The van der Waals surface area contributed by atoms with Crippen LogP contribution in [0.1, 0.15) is 40.5 Å². The van der Waals surface area contributed by atoms with E-state index >= 15 is 0 Å². The first-order chi connectivity index (χ1) is 6.96. The first-order valence-corrected chi connectivity index (χ1v) is 5.52. The van der Waals surface area contributed by atoms with Gasteiger partial charge in [-0.15, -0.1) is 6.58 Å². The summed E-state index contributed by atoms with van der Waals surface area (Å²) in [5.41, 5.74) is -0.599. The maximum atomic E-state index is 11.8. The summed E-state index contributed by atoms with van der Waals surface area (Å²) in [7, 11) is 0. The van der Waals surface area contributed by atoms with Gasteiger partial charge in [0.1, 0.15) is 5.54 Å². The number of hydrogen-bond donors (Lipinski definition) is 1. The van der Waals surface area contributed by atoms with E-state index < -0.39 is 5.54 Å². The zero-order valence-corrected chi connectivity index (χ0v) is 10.3. The van der Waals surface area contributed by atoms with Crippen molar-refractivity contribution in [2.45, 2.75) is 52.1 Å². The Morgan fingerprint density at radius 3 is 2.60 bits per heavy atom. The fraction of sp³-hybridized carbons (Fsp3) is 0.750. The van der Waals surface area contributed by atoms with Gasteiger partial charge in [-0.05, 0) is 40.5 Å². The summed E-state index contributed by atoms with van der Waals surface area (Å²) in [4.78, 5) is 11.8. The summed E-state index contributed by atoms with van der Waals surface area (Å²) in [6.07, 6.45) is 3.34. The third-order valence-corrected chi connectivity index (χ3v) is 2.18. The fourth-order valence-electron chi connectivity index (χ4n) is 1.55. The standard InChI is InChI=1S/C12H23NO2/c1-6-8-9-12(5,13-10(3)4)11(14)15-7-2/h6,10,13H,1,7-9H2,2-5H3. The van der Waals surface area contributed by atoms with Crippen molar-refractivity contribution in [1.82, 2.24) is 5.32 Å². The van der Waals surface area contributed by atoms with Crippen molar-refractivity contribution in [1.29, 1.82) is 0 Å². The highest BCUT2D eigenvalue weighted by atomic mass is 16.5. The number of nitrogens with one attached hydrogen (secondary N) is 1. The zero-order chi connectivity index (χ0) is 11.9. The average molecular weight is 213 g/mol. The van der Waals surface area contributed by atoms with Gasteiger partial charge in [0.25, 0.3) is 0 Å². The smallest absolute Gasteiger partial charge is 0.326 e. The van der Waals surface area contributed by atoms with Gasteiger partial charge in [-0.3, -0.25) is 10.1 Å². The van der Waals surface area contributed by atoms with Crippen LogP contribution in [0, 0.1) is 0 Å². The molecule has 0 aliphatic rings. The van der Waals surface area contributed by atoms with Crippen LogP contribution in [0.5, 0.6) is 0 Å². The zero-order valence-electron chi connectivity index (χ0n) is 10.3. The van der Waals surface area contributed by atoms with Crippen LogP contribution in [0.25, 0.3) is 0 Å². The molecular weight excluding hydrogens is 190 g/mol. The molecule has 3 heteroatoms. The van der Waals surface area contributed by atoms with E-state index in [1.165, 1.54) is 0 Å². The Morgan fingerprint density at radius 1 is 1.60 bits per heavy atom. The summed E-state index contributed by atoms with van der Waals surface area (Å²) >= 11 is 0. The first kappa shape index (κ1) is 14.2. The fourth-order valence-corrected chi connectivity index (χ4v) is 1.55. The quantitative estimate of drug-likeness (QED) is 0.521. The lowest BCUT2D eigenvalue weighted by molar-refractivity contribution is -0.151. The van der Waals surface area contributed by atoms with Crippen molar-refractivity contribution in [3.05, 3.63) is 12.7 Å². The van der Waals surface area contributed by atoms with Crippen LogP contribution in [0.3, 0.4) is 0 Å². The molecule has 0 heterocycles. The molecule has 88 valence electrons. The number of esters is 1. The van der Waals surface area contributed by atoms with E-state index in [2.05, 4.69) is 11.9 Å². The van der Waals surface area contributed by atoms with Crippen molar-refractivity contribution in [3.63, 3.8) is 0 Å². The predicted octanol–water partition coefficient (Wildman–Crippen LogP) is 2.27. The van der Waals surface area contributed by atoms with Crippen LogP contribution in [0.2, 0.25) is 0 Å². The second-order valence-corrected chi connectivity index (χ2v) is 4.18. The molecule has 3 nitrogen and oxygen atoms in total. The highest BCUT2D eigenvalue weighted by Crippen LogP contribution is 2.16. The number of rotatable bonds is 7. The highest BCUT2D eigenvalue weighted by Gasteiger charge is 2.34. The van der Waals surface area contributed by atoms with Gasteiger partial charge in [-0.2, -0.15) is 0 Å². The van der Waals surface area contributed by atoms with E-state index in [1.807, 2.05) is 33.8 Å². The minimum Gasteiger partial charge on any atom is -0.465 e. The summed E-state index contributed by atoms with van der Waals surface area (Å²) in [5.74, 6) is -0.180. The average Bonchev–Trinajstić information content (AvgIpc) is 2.14. The van der Waals surface area contributed by atoms with Crippen molar-refractivity contribution < 1.29 is 9.53 Å². The number of allylic oxidation sites excluding steroid dienone is 1. The molecule has 1 unspecified atom stereocenters. The summed E-state index contributed by atoms with van der Waals surface area (Å²) in [5, 5.41) is 3.25. The molecule has 15 heavy (non-hydrogen) atoms. The molecule has 0 amide bonds. The number of carbonyl (C=O) groups is 1. The topological polar surface area (TPSA) is 38.3 Å². The van der Waals surface area contributed by atoms with E-state index in [4.69, 9.17) is 4.74 Å². The maximum Gasteiger partial charge on any atom is 0.326 e. The number of ether oxygens (including phenoxy) is 1. The Labute approximate surface area is 92.9 Å². The predicted molar refractivity (Wildman–Crippen MR) is 62.7 cm³/mol. The molecule has 0 saturated heterocycles. The lowest BCUT2D eigenvalue weighted by atomic mass is 9.95. The molecule has 0 aromatic heterocycles. The third-order valence-electron chi connectivity index (χ3n) is 2.18. The summed E-state index contributed by atoms with van der Waals surface area (Å²) < 4.78 is 5.07. The van der Waals surface area contributed by atoms with Crippen LogP contribution in [-0.4, -0.2) is 24.2 Å². The first-order valence-electron chi connectivity index (χ1n) is 5.52. The SMILES string of the molecule is C=CCCC(C)(NC(C)C)C(=O)OCC.